The van der Waals surface area contributed by atoms with Gasteiger partial charge in [0, 0.05) is 19.1 Å². The lowest BCUT2D eigenvalue weighted by atomic mass is 9.92. The highest BCUT2D eigenvalue weighted by Crippen LogP contribution is 2.33. The summed E-state index contributed by atoms with van der Waals surface area (Å²) >= 11 is 13.6. The van der Waals surface area contributed by atoms with Gasteiger partial charge in [-0.25, -0.2) is 0 Å². The first-order valence-corrected chi connectivity index (χ1v) is 7.60. The molecule has 0 aromatic carbocycles. The Bertz CT molecular complexity index is 379. The van der Waals surface area contributed by atoms with Crippen LogP contribution in [0, 0.1) is 5.92 Å². The molecule has 1 aliphatic heterocycles. The molecule has 17 heavy (non-hydrogen) atoms. The second-order valence-electron chi connectivity index (χ2n) is 4.85. The van der Waals surface area contributed by atoms with E-state index in [0.717, 1.165) is 30.2 Å². The van der Waals surface area contributed by atoms with Crippen LogP contribution in [0.4, 0.5) is 0 Å². The van der Waals surface area contributed by atoms with Gasteiger partial charge in [-0.3, -0.25) is 4.90 Å². The first-order chi connectivity index (χ1) is 8.08. The van der Waals surface area contributed by atoms with Gasteiger partial charge in [-0.2, -0.15) is 0 Å². The maximum atomic E-state index is 6.15. The Labute approximate surface area is 117 Å². The summed E-state index contributed by atoms with van der Waals surface area (Å²) < 4.78 is 0.697. The maximum absolute atomic E-state index is 6.15. The van der Waals surface area contributed by atoms with Crippen LogP contribution in [-0.4, -0.2) is 24.0 Å². The Hall–Kier alpha value is 0.200. The van der Waals surface area contributed by atoms with E-state index in [1.807, 2.05) is 0 Å². The topological polar surface area (TPSA) is 29.3 Å². The molecule has 0 aliphatic carbocycles. The molecule has 2 rings (SSSR count). The van der Waals surface area contributed by atoms with Gasteiger partial charge in [-0.15, -0.1) is 11.3 Å². The zero-order valence-corrected chi connectivity index (χ0v) is 12.3. The number of halogens is 2. The summed E-state index contributed by atoms with van der Waals surface area (Å²) in [6.45, 7) is 5.20. The van der Waals surface area contributed by atoms with Crippen LogP contribution in [0.3, 0.4) is 0 Å². The molecule has 2 unspecified atom stereocenters. The van der Waals surface area contributed by atoms with Gasteiger partial charge in [0.05, 0.1) is 5.02 Å². The van der Waals surface area contributed by atoms with Crippen LogP contribution in [-0.2, 0) is 6.54 Å². The number of hydrogen-bond donors (Lipinski definition) is 1. The van der Waals surface area contributed by atoms with Crippen molar-refractivity contribution < 1.29 is 0 Å². The maximum Gasteiger partial charge on any atom is 0.112 e. The average molecular weight is 293 g/mol. The fourth-order valence-corrected chi connectivity index (χ4v) is 3.60. The van der Waals surface area contributed by atoms with Gasteiger partial charge in [0.2, 0.25) is 0 Å². The van der Waals surface area contributed by atoms with Crippen molar-refractivity contribution in [1.29, 1.82) is 0 Å². The van der Waals surface area contributed by atoms with Crippen molar-refractivity contribution in [1.82, 2.24) is 4.90 Å². The third kappa shape index (κ3) is 3.36. The van der Waals surface area contributed by atoms with Crippen molar-refractivity contribution >= 4 is 34.5 Å². The van der Waals surface area contributed by atoms with Crippen molar-refractivity contribution in [2.75, 3.05) is 13.1 Å². The Morgan fingerprint density at radius 2 is 2.35 bits per heavy atom. The minimum atomic E-state index is 0.277. The molecule has 1 aromatic heterocycles. The molecule has 1 aliphatic rings. The van der Waals surface area contributed by atoms with E-state index in [2.05, 4.69) is 17.2 Å². The van der Waals surface area contributed by atoms with Gasteiger partial charge < -0.3 is 5.73 Å². The smallest absolute Gasteiger partial charge is 0.112 e. The predicted octanol–water partition coefficient (Wildman–Crippen LogP) is 3.61. The van der Waals surface area contributed by atoms with Crippen LogP contribution in [0.1, 0.15) is 25.3 Å². The predicted molar refractivity (Wildman–Crippen MR) is 76.0 cm³/mol. The van der Waals surface area contributed by atoms with Gasteiger partial charge in [0.1, 0.15) is 4.34 Å². The van der Waals surface area contributed by atoms with E-state index in [1.54, 1.807) is 0 Å². The summed E-state index contributed by atoms with van der Waals surface area (Å²) in [6.07, 6.45) is 2.47. The summed E-state index contributed by atoms with van der Waals surface area (Å²) in [5.74, 6) is 0.608. The van der Waals surface area contributed by atoms with E-state index < -0.39 is 0 Å². The number of thiophene rings is 1. The van der Waals surface area contributed by atoms with Gasteiger partial charge in [0.15, 0.2) is 0 Å². The third-order valence-electron chi connectivity index (χ3n) is 3.44. The van der Waals surface area contributed by atoms with E-state index in [0.29, 0.717) is 10.3 Å². The van der Waals surface area contributed by atoms with Crippen LogP contribution in [0.5, 0.6) is 0 Å². The number of likely N-dealkylation sites (tertiary alicyclic amines) is 1. The molecule has 0 radical (unpaired) electrons. The van der Waals surface area contributed by atoms with Crippen LogP contribution < -0.4 is 5.73 Å². The number of nitrogens with two attached hydrogens (primary N) is 1. The molecule has 1 saturated heterocycles. The SMILES string of the molecule is CC(N)C1CCCN(Cc2csc(Cl)c2Cl)C1. The summed E-state index contributed by atoms with van der Waals surface area (Å²) in [5.41, 5.74) is 7.13. The first kappa shape index (κ1) is 13.6. The van der Waals surface area contributed by atoms with E-state index in [-0.39, 0.29) is 6.04 Å². The molecule has 5 heteroatoms. The highest BCUT2D eigenvalue weighted by molar-refractivity contribution is 7.15. The van der Waals surface area contributed by atoms with Crippen molar-refractivity contribution in [3.05, 3.63) is 20.3 Å². The Balaban J connectivity index is 1.97. The Morgan fingerprint density at radius 3 is 2.94 bits per heavy atom. The van der Waals surface area contributed by atoms with Crippen LogP contribution >= 0.6 is 34.5 Å². The second-order valence-corrected chi connectivity index (χ2v) is 6.70. The van der Waals surface area contributed by atoms with E-state index in [9.17, 15) is 0 Å². The minimum Gasteiger partial charge on any atom is -0.328 e. The standard InChI is InChI=1S/C12H18Cl2N2S/c1-8(15)9-3-2-4-16(5-9)6-10-7-17-12(14)11(10)13/h7-9H,2-6,15H2,1H3. The lowest BCUT2D eigenvalue weighted by Crippen LogP contribution is -2.41. The van der Waals surface area contributed by atoms with Crippen LogP contribution in [0.25, 0.3) is 0 Å². The van der Waals surface area contributed by atoms with E-state index >= 15 is 0 Å². The van der Waals surface area contributed by atoms with E-state index in [1.165, 1.54) is 24.2 Å². The molecule has 0 spiro atoms. The number of rotatable bonds is 3. The number of piperidine rings is 1. The van der Waals surface area contributed by atoms with Crippen molar-refractivity contribution in [2.45, 2.75) is 32.4 Å². The first-order valence-electron chi connectivity index (χ1n) is 5.97. The van der Waals surface area contributed by atoms with Gasteiger partial charge in [0.25, 0.3) is 0 Å². The normalized spacial score (nSPS) is 23.9. The summed E-state index contributed by atoms with van der Waals surface area (Å²) in [5, 5.41) is 2.78. The van der Waals surface area contributed by atoms with Crippen molar-refractivity contribution in [3.8, 4) is 0 Å². The molecule has 1 fully saturated rings. The van der Waals surface area contributed by atoms with Gasteiger partial charge in [-0.1, -0.05) is 23.2 Å². The lowest BCUT2D eigenvalue weighted by Gasteiger charge is -2.34. The third-order valence-corrected chi connectivity index (χ3v) is 5.35. The molecular formula is C12H18Cl2N2S. The molecule has 1 aromatic rings. The number of nitrogens with zero attached hydrogens (tertiary/aromatic N) is 1. The fourth-order valence-electron chi connectivity index (χ4n) is 2.36. The number of hydrogen-bond acceptors (Lipinski definition) is 3. The summed E-state index contributed by atoms with van der Waals surface area (Å²) in [7, 11) is 0. The lowest BCUT2D eigenvalue weighted by molar-refractivity contribution is 0.154. The Kier molecular flexibility index (Phi) is 4.72. The molecule has 0 saturated carbocycles. The van der Waals surface area contributed by atoms with E-state index in [4.69, 9.17) is 28.9 Å². The largest absolute Gasteiger partial charge is 0.328 e. The highest BCUT2D eigenvalue weighted by atomic mass is 35.5. The molecule has 0 amide bonds. The van der Waals surface area contributed by atoms with Crippen molar-refractivity contribution in [2.24, 2.45) is 11.7 Å². The molecule has 2 nitrogen and oxygen atoms in total. The van der Waals surface area contributed by atoms with Gasteiger partial charge in [-0.05, 0) is 43.2 Å². The highest BCUT2D eigenvalue weighted by Gasteiger charge is 2.23. The second kappa shape index (κ2) is 5.89. The van der Waals surface area contributed by atoms with Crippen LogP contribution in [0.15, 0.2) is 5.38 Å². The molecule has 2 N–H and O–H groups in total. The van der Waals surface area contributed by atoms with Crippen LogP contribution in [0.2, 0.25) is 9.36 Å². The zero-order chi connectivity index (χ0) is 12.4. The molecule has 96 valence electrons. The summed E-state index contributed by atoms with van der Waals surface area (Å²) in [6, 6.07) is 0.277. The quantitative estimate of drug-likeness (QED) is 0.922. The zero-order valence-electron chi connectivity index (χ0n) is 9.96. The van der Waals surface area contributed by atoms with Crippen molar-refractivity contribution in [3.63, 3.8) is 0 Å². The average Bonchev–Trinajstić information content (AvgIpc) is 2.61. The summed E-state index contributed by atoms with van der Waals surface area (Å²) in [4.78, 5) is 2.43. The Morgan fingerprint density at radius 1 is 1.59 bits per heavy atom. The molecule has 0 bridgehead atoms. The molecule has 2 atom stereocenters. The monoisotopic (exact) mass is 292 g/mol. The fraction of sp³-hybridized carbons (Fsp3) is 0.667. The van der Waals surface area contributed by atoms with Gasteiger partial charge >= 0.3 is 0 Å². The molecule has 2 heterocycles. The molecular weight excluding hydrogens is 275 g/mol. The minimum absolute atomic E-state index is 0.277.